The fourth-order valence-electron chi connectivity index (χ4n) is 4.84. The molecule has 2 rings (SSSR count). The average Bonchev–Trinajstić information content (AvgIpc) is 3.33. The molecular weight excluding hydrogens is 388 g/mol. The number of carboxylic acid groups (broad SMARTS) is 2. The van der Waals surface area contributed by atoms with E-state index in [1.165, 1.54) is 9.80 Å². The molecule has 0 aromatic carbocycles. The molecule has 8 nitrogen and oxygen atoms in total. The Bertz CT molecular complexity index is 606. The highest BCUT2D eigenvalue weighted by atomic mass is 16.4. The summed E-state index contributed by atoms with van der Waals surface area (Å²) in [6.07, 6.45) is 3.30. The predicted octanol–water partition coefficient (Wildman–Crippen LogP) is 2.46. The monoisotopic (exact) mass is 424 g/mol. The van der Waals surface area contributed by atoms with E-state index in [1.54, 1.807) is 0 Å². The summed E-state index contributed by atoms with van der Waals surface area (Å²) in [4.78, 5) is 52.2. The smallest absolute Gasteiger partial charge is 0.326 e. The van der Waals surface area contributed by atoms with Gasteiger partial charge in [0.2, 0.25) is 11.8 Å². The maximum atomic E-state index is 13.1. The van der Waals surface area contributed by atoms with E-state index in [9.17, 15) is 29.4 Å². The Labute approximate surface area is 178 Å². The molecule has 0 saturated carbocycles. The Morgan fingerprint density at radius 2 is 1.07 bits per heavy atom. The highest BCUT2D eigenvalue weighted by molar-refractivity contribution is 5.87. The van der Waals surface area contributed by atoms with E-state index in [4.69, 9.17) is 0 Å². The molecule has 8 heteroatoms. The number of carboxylic acids is 2. The number of carbonyl (C=O) groups is 4. The molecule has 30 heavy (non-hydrogen) atoms. The molecule has 4 atom stereocenters. The van der Waals surface area contributed by atoms with Crippen LogP contribution in [-0.4, -0.2) is 68.9 Å². The molecule has 170 valence electrons. The molecule has 0 aromatic heterocycles. The molecule has 2 aliphatic heterocycles. The summed E-state index contributed by atoms with van der Waals surface area (Å²) in [5.74, 6) is -2.88. The van der Waals surface area contributed by atoms with Gasteiger partial charge in [-0.15, -0.1) is 0 Å². The van der Waals surface area contributed by atoms with Crippen LogP contribution in [0.5, 0.6) is 0 Å². The molecule has 2 amide bonds. The summed E-state index contributed by atoms with van der Waals surface area (Å²) < 4.78 is 0. The van der Waals surface area contributed by atoms with E-state index in [0.29, 0.717) is 51.6 Å². The number of hydrogen-bond acceptors (Lipinski definition) is 4. The Balaban J connectivity index is 2.10. The van der Waals surface area contributed by atoms with Crippen molar-refractivity contribution in [3.05, 3.63) is 0 Å². The van der Waals surface area contributed by atoms with Gasteiger partial charge in [0.05, 0.1) is 0 Å². The van der Waals surface area contributed by atoms with Crippen LogP contribution in [0.1, 0.15) is 66.2 Å². The van der Waals surface area contributed by atoms with Crippen molar-refractivity contribution in [3.63, 3.8) is 0 Å². The van der Waals surface area contributed by atoms with Crippen LogP contribution in [0.25, 0.3) is 0 Å². The fraction of sp³-hybridized carbons (Fsp3) is 0.818. The molecule has 0 bridgehead atoms. The van der Waals surface area contributed by atoms with Gasteiger partial charge in [-0.05, 0) is 50.4 Å². The maximum absolute atomic E-state index is 13.1. The molecule has 2 heterocycles. The number of rotatable bonds is 9. The SMILES string of the molecule is CC(C)C(CCC(C(=O)N1CCC[C@@H]1C(=O)O)C(C)C)C(=O)N1CCC[C@@H]1C(=O)O. The number of nitrogens with zero attached hydrogens (tertiary/aromatic N) is 2. The number of carbonyl (C=O) groups excluding carboxylic acids is 2. The molecule has 0 aromatic rings. The third-order valence-electron chi connectivity index (χ3n) is 6.67. The zero-order valence-corrected chi connectivity index (χ0v) is 18.5. The van der Waals surface area contributed by atoms with Gasteiger partial charge < -0.3 is 20.0 Å². The Morgan fingerprint density at radius 3 is 1.33 bits per heavy atom. The van der Waals surface area contributed by atoms with E-state index in [0.717, 1.165) is 0 Å². The van der Waals surface area contributed by atoms with E-state index >= 15 is 0 Å². The van der Waals surface area contributed by atoms with Gasteiger partial charge in [0.1, 0.15) is 12.1 Å². The second-order valence-corrected chi connectivity index (χ2v) is 9.33. The van der Waals surface area contributed by atoms with Crippen molar-refractivity contribution in [2.75, 3.05) is 13.1 Å². The average molecular weight is 425 g/mol. The molecule has 0 radical (unpaired) electrons. The van der Waals surface area contributed by atoms with E-state index in [-0.39, 0.29) is 35.5 Å². The Morgan fingerprint density at radius 1 is 0.733 bits per heavy atom. The molecule has 2 aliphatic rings. The summed E-state index contributed by atoms with van der Waals surface area (Å²) in [6.45, 7) is 8.70. The van der Waals surface area contributed by atoms with Crippen LogP contribution < -0.4 is 0 Å². The lowest BCUT2D eigenvalue weighted by Crippen LogP contribution is -2.46. The Kier molecular flexibility index (Phi) is 8.26. The van der Waals surface area contributed by atoms with Crippen LogP contribution in [0, 0.1) is 23.7 Å². The zero-order valence-electron chi connectivity index (χ0n) is 18.5. The third-order valence-corrected chi connectivity index (χ3v) is 6.67. The van der Waals surface area contributed by atoms with Gasteiger partial charge in [-0.3, -0.25) is 9.59 Å². The molecule has 2 unspecified atom stereocenters. The van der Waals surface area contributed by atoms with E-state index in [2.05, 4.69) is 0 Å². The van der Waals surface area contributed by atoms with E-state index < -0.39 is 24.0 Å². The van der Waals surface area contributed by atoms with Gasteiger partial charge in [-0.25, -0.2) is 9.59 Å². The van der Waals surface area contributed by atoms with Crippen molar-refractivity contribution in [1.82, 2.24) is 9.80 Å². The van der Waals surface area contributed by atoms with Crippen LogP contribution >= 0.6 is 0 Å². The van der Waals surface area contributed by atoms with Gasteiger partial charge in [-0.2, -0.15) is 0 Å². The molecule has 0 aliphatic carbocycles. The first-order valence-corrected chi connectivity index (χ1v) is 11.1. The van der Waals surface area contributed by atoms with Crippen molar-refractivity contribution in [2.45, 2.75) is 78.3 Å². The maximum Gasteiger partial charge on any atom is 0.326 e. The van der Waals surface area contributed by atoms with Crippen molar-refractivity contribution in [3.8, 4) is 0 Å². The quantitative estimate of drug-likeness (QED) is 0.587. The summed E-state index contributed by atoms with van der Waals surface area (Å²) in [5, 5.41) is 18.8. The Hall–Kier alpha value is -2.12. The number of likely N-dealkylation sites (tertiary alicyclic amines) is 2. The molecule has 2 saturated heterocycles. The summed E-state index contributed by atoms with van der Waals surface area (Å²) in [6, 6.07) is -1.52. The summed E-state index contributed by atoms with van der Waals surface area (Å²) >= 11 is 0. The highest BCUT2D eigenvalue weighted by Gasteiger charge is 2.40. The van der Waals surface area contributed by atoms with Crippen molar-refractivity contribution in [2.24, 2.45) is 23.7 Å². The van der Waals surface area contributed by atoms with Crippen LogP contribution in [0.15, 0.2) is 0 Å². The first-order valence-electron chi connectivity index (χ1n) is 11.1. The topological polar surface area (TPSA) is 115 Å². The van der Waals surface area contributed by atoms with Gasteiger partial charge >= 0.3 is 11.9 Å². The van der Waals surface area contributed by atoms with E-state index in [1.807, 2.05) is 27.7 Å². The number of hydrogen-bond donors (Lipinski definition) is 2. The molecule has 2 fully saturated rings. The lowest BCUT2D eigenvalue weighted by Gasteiger charge is -2.32. The molecule has 2 N–H and O–H groups in total. The normalized spacial score (nSPS) is 23.8. The first-order chi connectivity index (χ1) is 14.1. The minimum atomic E-state index is -0.965. The number of aliphatic carboxylic acids is 2. The van der Waals surface area contributed by atoms with Crippen LogP contribution in [0.2, 0.25) is 0 Å². The lowest BCUT2D eigenvalue weighted by molar-refractivity contribution is -0.151. The highest BCUT2D eigenvalue weighted by Crippen LogP contribution is 2.31. The standard InChI is InChI=1S/C22H36N2O6/c1-13(2)15(19(25)23-11-5-7-17(23)21(27)28)9-10-16(14(3)4)20(26)24-12-6-8-18(24)22(29)30/h13-18H,5-12H2,1-4H3,(H,27,28)(H,29,30)/t15?,16?,17-,18-/m1/s1. The second kappa shape index (κ2) is 10.3. The zero-order chi connectivity index (χ0) is 22.6. The second-order valence-electron chi connectivity index (χ2n) is 9.33. The van der Waals surface area contributed by atoms with Crippen LogP contribution in [-0.2, 0) is 19.2 Å². The predicted molar refractivity (Wildman–Crippen MR) is 111 cm³/mol. The molecule has 0 spiro atoms. The molecular formula is C22H36N2O6. The van der Waals surface area contributed by atoms with Crippen molar-refractivity contribution >= 4 is 23.8 Å². The van der Waals surface area contributed by atoms with Crippen LogP contribution in [0.4, 0.5) is 0 Å². The van der Waals surface area contributed by atoms with Gasteiger partial charge in [0.25, 0.3) is 0 Å². The van der Waals surface area contributed by atoms with Gasteiger partial charge in [-0.1, -0.05) is 27.7 Å². The largest absolute Gasteiger partial charge is 0.480 e. The minimum absolute atomic E-state index is 0.0222. The van der Waals surface area contributed by atoms with Crippen LogP contribution in [0.3, 0.4) is 0 Å². The van der Waals surface area contributed by atoms with Gasteiger partial charge in [0.15, 0.2) is 0 Å². The van der Waals surface area contributed by atoms with Crippen molar-refractivity contribution in [1.29, 1.82) is 0 Å². The minimum Gasteiger partial charge on any atom is -0.480 e. The number of amides is 2. The summed E-state index contributed by atoms with van der Waals surface area (Å²) in [7, 11) is 0. The van der Waals surface area contributed by atoms with Gasteiger partial charge in [0, 0.05) is 24.9 Å². The third kappa shape index (κ3) is 5.32. The first kappa shape index (κ1) is 24.2. The lowest BCUT2D eigenvalue weighted by atomic mass is 9.82. The van der Waals surface area contributed by atoms with Crippen molar-refractivity contribution < 1.29 is 29.4 Å². The fourth-order valence-corrected chi connectivity index (χ4v) is 4.84. The summed E-state index contributed by atoms with van der Waals surface area (Å²) in [5.41, 5.74) is 0.